The number of carbonyl (C=O) groups excluding carboxylic acids is 2. The van der Waals surface area contributed by atoms with Gasteiger partial charge in [0.05, 0.1) is 16.6 Å². The minimum atomic E-state index is -4.64. The van der Waals surface area contributed by atoms with Gasteiger partial charge in [0.15, 0.2) is 0 Å². The van der Waals surface area contributed by atoms with Gasteiger partial charge in [0.1, 0.15) is 0 Å². The molecular weight excluding hydrogens is 517 g/mol. The number of H-pyrrole nitrogens is 1. The molecule has 3 aromatic carbocycles. The second kappa shape index (κ2) is 9.75. The van der Waals surface area contributed by atoms with Crippen molar-refractivity contribution in [2.75, 3.05) is 18.9 Å². The first-order chi connectivity index (χ1) is 19.2. The third-order valence-corrected chi connectivity index (χ3v) is 8.04. The van der Waals surface area contributed by atoms with Crippen LogP contribution >= 0.6 is 0 Å². The van der Waals surface area contributed by atoms with E-state index < -0.39 is 17.9 Å². The Labute approximate surface area is 228 Å². The maximum absolute atomic E-state index is 12.8. The van der Waals surface area contributed by atoms with Gasteiger partial charge >= 0.3 is 6.18 Å². The van der Waals surface area contributed by atoms with Gasteiger partial charge in [-0.25, -0.2) is 0 Å². The zero-order chi connectivity index (χ0) is 28.1. The fourth-order valence-corrected chi connectivity index (χ4v) is 5.95. The fourth-order valence-electron chi connectivity index (χ4n) is 5.95. The average molecular weight is 545 g/mol. The Morgan fingerprint density at radius 3 is 2.65 bits per heavy atom. The molecule has 40 heavy (non-hydrogen) atoms. The van der Waals surface area contributed by atoms with Gasteiger partial charge in [0, 0.05) is 30.1 Å². The number of aldehydes is 1. The second-order valence-corrected chi connectivity index (χ2v) is 10.7. The summed E-state index contributed by atoms with van der Waals surface area (Å²) < 4.78 is 31.2. The molecule has 1 aliphatic carbocycles. The topological polar surface area (TPSA) is 78.1 Å². The number of rotatable bonds is 3. The summed E-state index contributed by atoms with van der Waals surface area (Å²) in [6, 6.07) is 21.3. The largest absolute Gasteiger partial charge is 0.446 e. The molecule has 6 nitrogen and oxygen atoms in total. The van der Waals surface area contributed by atoms with E-state index in [0.29, 0.717) is 0 Å². The van der Waals surface area contributed by atoms with E-state index in [-0.39, 0.29) is 11.8 Å². The monoisotopic (exact) mass is 544 g/mol. The number of hydrogen-bond donors (Lipinski definition) is 2. The summed E-state index contributed by atoms with van der Waals surface area (Å²) in [5.74, 6) is 0.334. The van der Waals surface area contributed by atoms with E-state index in [1.807, 2.05) is 18.2 Å². The number of fused-ring (bicyclic) bond motifs is 4. The van der Waals surface area contributed by atoms with Crippen LogP contribution in [0.15, 0.2) is 60.7 Å². The Balaban J connectivity index is 0.000000438. The summed E-state index contributed by atoms with van der Waals surface area (Å²) >= 11 is 0. The molecule has 0 bridgehead atoms. The number of aromatic amines is 1. The van der Waals surface area contributed by atoms with E-state index in [0.717, 1.165) is 53.8 Å². The van der Waals surface area contributed by atoms with Crippen molar-refractivity contribution < 1.29 is 22.8 Å². The summed E-state index contributed by atoms with van der Waals surface area (Å²) in [6.45, 7) is 2.14. The lowest BCUT2D eigenvalue weighted by molar-refractivity contribution is -0.156. The second-order valence-electron chi connectivity index (χ2n) is 10.7. The zero-order valence-corrected chi connectivity index (χ0v) is 21.8. The molecule has 1 amide bonds. The molecule has 204 valence electrons. The molecule has 1 fully saturated rings. The Bertz CT molecular complexity index is 1660. The lowest BCUT2D eigenvalue weighted by Crippen LogP contribution is -2.26. The van der Waals surface area contributed by atoms with Crippen LogP contribution in [0.3, 0.4) is 0 Å². The van der Waals surface area contributed by atoms with Crippen molar-refractivity contribution in [3.63, 3.8) is 0 Å². The predicted octanol–water partition coefficient (Wildman–Crippen LogP) is 5.85. The van der Waals surface area contributed by atoms with E-state index in [1.54, 1.807) is 0 Å². The molecular formula is C31H27F3N4O2. The molecule has 7 rings (SSSR count). The molecule has 2 aliphatic heterocycles. The van der Waals surface area contributed by atoms with Crippen LogP contribution in [0.25, 0.3) is 23.1 Å². The highest BCUT2D eigenvalue weighted by Crippen LogP contribution is 2.64. The van der Waals surface area contributed by atoms with Crippen LogP contribution in [0.4, 0.5) is 18.9 Å². The molecule has 0 radical (unpaired) electrons. The van der Waals surface area contributed by atoms with Crippen LogP contribution in [-0.4, -0.2) is 47.1 Å². The minimum absolute atomic E-state index is 0.128. The van der Waals surface area contributed by atoms with Gasteiger partial charge in [-0.3, -0.25) is 14.7 Å². The number of para-hydroxylation sites is 1. The quantitative estimate of drug-likeness (QED) is 0.318. The van der Waals surface area contributed by atoms with Gasteiger partial charge in [-0.15, -0.1) is 0 Å². The van der Waals surface area contributed by atoms with Gasteiger partial charge < -0.3 is 10.2 Å². The number of alkyl halides is 3. The van der Waals surface area contributed by atoms with Crippen LogP contribution in [0, 0.1) is 0 Å². The number of nitrogens with one attached hydrogen (secondary N) is 2. The van der Waals surface area contributed by atoms with Crippen LogP contribution < -0.4 is 5.32 Å². The molecule has 3 heterocycles. The number of halogens is 3. The molecule has 1 aromatic heterocycles. The van der Waals surface area contributed by atoms with Gasteiger partial charge in [-0.2, -0.15) is 18.3 Å². The van der Waals surface area contributed by atoms with Crippen molar-refractivity contribution in [2.24, 2.45) is 0 Å². The molecule has 3 aliphatic rings. The number of carbonyl (C=O) groups is 2. The Morgan fingerprint density at radius 2 is 1.85 bits per heavy atom. The van der Waals surface area contributed by atoms with Gasteiger partial charge in [-0.05, 0) is 65.9 Å². The number of hydrogen-bond acceptors (Lipinski definition) is 4. The number of anilines is 1. The number of nitrogens with zero attached hydrogens (tertiary/aromatic N) is 2. The molecule has 1 spiro atoms. The number of amides is 1. The molecule has 4 aromatic rings. The molecule has 2 N–H and O–H groups in total. The third kappa shape index (κ3) is 4.70. The highest BCUT2D eigenvalue weighted by atomic mass is 19.4. The van der Waals surface area contributed by atoms with Crippen LogP contribution in [0.5, 0.6) is 0 Å². The van der Waals surface area contributed by atoms with E-state index in [2.05, 4.69) is 82.1 Å². The normalized spacial score (nSPS) is 21.6. The van der Waals surface area contributed by atoms with Crippen molar-refractivity contribution in [1.29, 1.82) is 0 Å². The van der Waals surface area contributed by atoms with Gasteiger partial charge in [0.25, 0.3) is 0 Å². The molecule has 0 saturated heterocycles. The van der Waals surface area contributed by atoms with Gasteiger partial charge in [0.2, 0.25) is 12.2 Å². The van der Waals surface area contributed by atoms with Crippen LogP contribution in [0.1, 0.15) is 45.8 Å². The first-order valence-electron chi connectivity index (χ1n) is 13.1. The number of benzene rings is 3. The molecule has 9 heteroatoms. The Hall–Kier alpha value is -4.24. The molecule has 0 unspecified atom stereocenters. The maximum atomic E-state index is 12.8. The van der Waals surface area contributed by atoms with E-state index in [1.165, 1.54) is 22.3 Å². The Morgan fingerprint density at radius 1 is 1.05 bits per heavy atom. The first-order valence-corrected chi connectivity index (χ1v) is 13.1. The van der Waals surface area contributed by atoms with Crippen molar-refractivity contribution >= 4 is 40.9 Å². The third-order valence-electron chi connectivity index (χ3n) is 8.04. The summed E-state index contributed by atoms with van der Waals surface area (Å²) in [6.07, 6.45) is 0.502. The molecule has 2 atom stereocenters. The lowest BCUT2D eigenvalue weighted by atomic mass is 9.92. The average Bonchev–Trinajstić information content (AvgIpc) is 3.48. The van der Waals surface area contributed by atoms with Crippen molar-refractivity contribution in [3.05, 3.63) is 94.2 Å². The predicted molar refractivity (Wildman–Crippen MR) is 148 cm³/mol. The van der Waals surface area contributed by atoms with Gasteiger partial charge in [-0.1, -0.05) is 54.6 Å². The zero-order valence-electron chi connectivity index (χ0n) is 21.8. The molecule has 1 saturated carbocycles. The number of aromatic nitrogens is 2. The van der Waals surface area contributed by atoms with E-state index in [9.17, 15) is 18.0 Å². The van der Waals surface area contributed by atoms with Crippen LogP contribution in [0.2, 0.25) is 0 Å². The lowest BCUT2D eigenvalue weighted by Gasteiger charge is -2.25. The van der Waals surface area contributed by atoms with E-state index >= 15 is 0 Å². The number of likely N-dealkylation sites (N-methyl/N-ethyl adjacent to an activating group) is 1. The Kier molecular flexibility index (Phi) is 6.34. The maximum Gasteiger partial charge on any atom is 0.446 e. The minimum Gasteiger partial charge on any atom is -0.325 e. The first kappa shape index (κ1) is 26.0. The summed E-state index contributed by atoms with van der Waals surface area (Å²) in [5.41, 5.74) is 8.92. The fraction of sp³-hybridized carbons (Fsp3) is 0.258. The van der Waals surface area contributed by atoms with Crippen LogP contribution in [-0.2, 0) is 28.0 Å². The van der Waals surface area contributed by atoms with Crippen molar-refractivity contribution in [2.45, 2.75) is 36.9 Å². The summed E-state index contributed by atoms with van der Waals surface area (Å²) in [7, 11) is 2.18. The van der Waals surface area contributed by atoms with Crippen molar-refractivity contribution in [3.8, 4) is 0 Å². The smallest absolute Gasteiger partial charge is 0.325 e. The SMILES string of the molecule is CN1CCc2cc(/C=C/c3n[nH]c4cc([C@@H]5C[C@@]56C(=O)Nc5ccccc56)ccc34)ccc2C1.O=CC(F)(F)F. The summed E-state index contributed by atoms with van der Waals surface area (Å²) in [5, 5.41) is 12.0. The summed E-state index contributed by atoms with van der Waals surface area (Å²) in [4.78, 5) is 23.9. The highest BCUT2D eigenvalue weighted by Gasteiger charge is 2.65. The highest BCUT2D eigenvalue weighted by molar-refractivity contribution is 6.09. The van der Waals surface area contributed by atoms with E-state index in [4.69, 9.17) is 4.79 Å². The van der Waals surface area contributed by atoms with Crippen molar-refractivity contribution in [1.82, 2.24) is 15.1 Å². The standard InChI is InChI=1S/C29H26N4O.C2HF3O/c1-33-13-12-19-14-18(6-8-21(19)17-33)7-11-25-22-10-9-20(15-27(22)32-31-25)24-16-29(24)23-4-2-3-5-26(23)30-28(29)34;3-2(4,5)1-6/h2-11,14-15,24H,12-13,16-17H2,1H3,(H,30,34)(H,31,32);1H/b11-7+;/t24-,29-;/m0./s1.